The second-order valence-corrected chi connectivity index (χ2v) is 4.83. The van der Waals surface area contributed by atoms with E-state index in [0.29, 0.717) is 26.1 Å². The highest BCUT2D eigenvalue weighted by atomic mass is 16.2. The SMILES string of the molecule is CCN(Cc1cccc(C)n1)C(=O)C1CNC(=O)C1. The van der Waals surface area contributed by atoms with E-state index in [1.165, 1.54) is 0 Å². The van der Waals surface area contributed by atoms with E-state index in [1.807, 2.05) is 32.0 Å². The van der Waals surface area contributed by atoms with Crippen molar-refractivity contribution in [1.82, 2.24) is 15.2 Å². The third-order valence-corrected chi connectivity index (χ3v) is 3.32. The lowest BCUT2D eigenvalue weighted by Crippen LogP contribution is -2.36. The van der Waals surface area contributed by atoms with Crippen LogP contribution in [0.2, 0.25) is 0 Å². The standard InChI is InChI=1S/C14H19N3O2/c1-3-17(9-12-6-4-5-10(2)16-12)14(19)11-7-13(18)15-8-11/h4-6,11H,3,7-9H2,1-2H3,(H,15,18). The number of carbonyl (C=O) groups is 2. The van der Waals surface area contributed by atoms with Crippen LogP contribution in [-0.4, -0.2) is 34.8 Å². The average Bonchev–Trinajstić information content (AvgIpc) is 2.82. The van der Waals surface area contributed by atoms with Crippen molar-refractivity contribution in [3.05, 3.63) is 29.6 Å². The minimum Gasteiger partial charge on any atom is -0.355 e. The molecule has 5 nitrogen and oxygen atoms in total. The number of aryl methyl sites for hydroxylation is 1. The molecule has 1 N–H and O–H groups in total. The molecule has 1 aliphatic rings. The van der Waals surface area contributed by atoms with Crippen LogP contribution in [0, 0.1) is 12.8 Å². The van der Waals surface area contributed by atoms with Gasteiger partial charge in [-0.05, 0) is 26.0 Å². The van der Waals surface area contributed by atoms with Gasteiger partial charge in [0.15, 0.2) is 0 Å². The molecule has 1 fully saturated rings. The highest BCUT2D eigenvalue weighted by Crippen LogP contribution is 2.14. The molecule has 19 heavy (non-hydrogen) atoms. The average molecular weight is 261 g/mol. The first-order valence-corrected chi connectivity index (χ1v) is 6.58. The molecular weight excluding hydrogens is 242 g/mol. The van der Waals surface area contributed by atoms with E-state index in [-0.39, 0.29) is 17.7 Å². The van der Waals surface area contributed by atoms with Crippen molar-refractivity contribution >= 4 is 11.8 Å². The van der Waals surface area contributed by atoms with Gasteiger partial charge in [-0.15, -0.1) is 0 Å². The van der Waals surface area contributed by atoms with Gasteiger partial charge in [-0.3, -0.25) is 14.6 Å². The summed E-state index contributed by atoms with van der Waals surface area (Å²) < 4.78 is 0. The number of nitrogens with one attached hydrogen (secondary N) is 1. The monoisotopic (exact) mass is 261 g/mol. The van der Waals surface area contributed by atoms with E-state index in [9.17, 15) is 9.59 Å². The van der Waals surface area contributed by atoms with Crippen molar-refractivity contribution in [1.29, 1.82) is 0 Å². The molecule has 0 aliphatic carbocycles. The number of amides is 2. The number of hydrogen-bond donors (Lipinski definition) is 1. The number of aromatic nitrogens is 1. The van der Waals surface area contributed by atoms with Crippen molar-refractivity contribution in [3.8, 4) is 0 Å². The molecule has 2 heterocycles. The Kier molecular flexibility index (Phi) is 4.14. The van der Waals surface area contributed by atoms with Gasteiger partial charge in [0.05, 0.1) is 18.2 Å². The van der Waals surface area contributed by atoms with Gasteiger partial charge in [-0.2, -0.15) is 0 Å². The van der Waals surface area contributed by atoms with Crippen LogP contribution in [0.5, 0.6) is 0 Å². The summed E-state index contributed by atoms with van der Waals surface area (Å²) in [7, 11) is 0. The summed E-state index contributed by atoms with van der Waals surface area (Å²) in [6, 6.07) is 5.79. The minimum absolute atomic E-state index is 0.0316. The Morgan fingerprint density at radius 1 is 1.53 bits per heavy atom. The van der Waals surface area contributed by atoms with Gasteiger partial charge in [0.1, 0.15) is 0 Å². The lowest BCUT2D eigenvalue weighted by molar-refractivity contribution is -0.136. The molecular formula is C14H19N3O2. The number of nitrogens with zero attached hydrogens (tertiary/aromatic N) is 2. The van der Waals surface area contributed by atoms with Crippen molar-refractivity contribution in [2.45, 2.75) is 26.8 Å². The van der Waals surface area contributed by atoms with Crippen molar-refractivity contribution in [2.75, 3.05) is 13.1 Å². The van der Waals surface area contributed by atoms with Gasteiger partial charge in [0, 0.05) is 25.2 Å². The molecule has 0 spiro atoms. The highest BCUT2D eigenvalue weighted by molar-refractivity contribution is 5.89. The molecule has 0 bridgehead atoms. The fourth-order valence-corrected chi connectivity index (χ4v) is 2.27. The molecule has 1 atom stereocenters. The Labute approximate surface area is 113 Å². The molecule has 1 unspecified atom stereocenters. The molecule has 1 aromatic rings. The van der Waals surface area contributed by atoms with Crippen LogP contribution in [0.3, 0.4) is 0 Å². The van der Waals surface area contributed by atoms with E-state index in [0.717, 1.165) is 11.4 Å². The molecule has 1 aliphatic heterocycles. The van der Waals surface area contributed by atoms with Crippen LogP contribution in [-0.2, 0) is 16.1 Å². The van der Waals surface area contributed by atoms with Gasteiger partial charge in [-0.25, -0.2) is 0 Å². The summed E-state index contributed by atoms with van der Waals surface area (Å²) in [4.78, 5) is 29.7. The van der Waals surface area contributed by atoms with Gasteiger partial charge < -0.3 is 10.2 Å². The Bertz CT molecular complexity index is 487. The zero-order valence-corrected chi connectivity index (χ0v) is 11.3. The smallest absolute Gasteiger partial charge is 0.228 e. The zero-order valence-electron chi connectivity index (χ0n) is 11.3. The van der Waals surface area contributed by atoms with Crippen LogP contribution in [0.15, 0.2) is 18.2 Å². The van der Waals surface area contributed by atoms with Crippen LogP contribution in [0.1, 0.15) is 24.7 Å². The first kappa shape index (κ1) is 13.5. The first-order valence-electron chi connectivity index (χ1n) is 6.58. The fraction of sp³-hybridized carbons (Fsp3) is 0.500. The van der Waals surface area contributed by atoms with Crippen molar-refractivity contribution in [2.24, 2.45) is 5.92 Å². The van der Waals surface area contributed by atoms with Crippen LogP contribution >= 0.6 is 0 Å². The zero-order chi connectivity index (χ0) is 13.8. The van der Waals surface area contributed by atoms with Gasteiger partial charge in [0.2, 0.25) is 11.8 Å². The predicted octanol–water partition coefficient (Wildman–Crippen LogP) is 0.875. The van der Waals surface area contributed by atoms with Crippen LogP contribution in [0.25, 0.3) is 0 Å². The number of rotatable bonds is 4. The van der Waals surface area contributed by atoms with Crippen molar-refractivity contribution in [3.63, 3.8) is 0 Å². The summed E-state index contributed by atoms with van der Waals surface area (Å²) in [5.74, 6) is -0.232. The third-order valence-electron chi connectivity index (χ3n) is 3.32. The molecule has 5 heteroatoms. The summed E-state index contributed by atoms with van der Waals surface area (Å²) in [5, 5.41) is 2.70. The Balaban J connectivity index is 2.03. The second-order valence-electron chi connectivity index (χ2n) is 4.83. The fourth-order valence-electron chi connectivity index (χ4n) is 2.27. The lowest BCUT2D eigenvalue weighted by atomic mass is 10.1. The summed E-state index contributed by atoms with van der Waals surface area (Å²) in [5.41, 5.74) is 1.83. The van der Waals surface area contributed by atoms with E-state index < -0.39 is 0 Å². The van der Waals surface area contributed by atoms with E-state index in [2.05, 4.69) is 10.3 Å². The Morgan fingerprint density at radius 3 is 2.89 bits per heavy atom. The maximum atomic E-state index is 12.3. The normalized spacial score (nSPS) is 18.2. The molecule has 102 valence electrons. The summed E-state index contributed by atoms with van der Waals surface area (Å²) in [6.45, 7) is 5.45. The lowest BCUT2D eigenvalue weighted by Gasteiger charge is -2.23. The Hall–Kier alpha value is -1.91. The predicted molar refractivity (Wildman–Crippen MR) is 71.2 cm³/mol. The van der Waals surface area contributed by atoms with Crippen LogP contribution < -0.4 is 5.32 Å². The summed E-state index contributed by atoms with van der Waals surface area (Å²) >= 11 is 0. The Morgan fingerprint density at radius 2 is 2.32 bits per heavy atom. The van der Waals surface area contributed by atoms with Gasteiger partial charge in [-0.1, -0.05) is 6.07 Å². The molecule has 1 aromatic heterocycles. The van der Waals surface area contributed by atoms with E-state index >= 15 is 0 Å². The topological polar surface area (TPSA) is 62.3 Å². The molecule has 2 rings (SSSR count). The van der Waals surface area contributed by atoms with Gasteiger partial charge >= 0.3 is 0 Å². The molecule has 2 amide bonds. The quantitative estimate of drug-likeness (QED) is 0.875. The summed E-state index contributed by atoms with van der Waals surface area (Å²) in [6.07, 6.45) is 0.302. The first-order chi connectivity index (χ1) is 9.10. The maximum absolute atomic E-state index is 12.3. The second kappa shape index (κ2) is 5.82. The molecule has 0 aromatic carbocycles. The highest BCUT2D eigenvalue weighted by Gasteiger charge is 2.30. The number of carbonyl (C=O) groups excluding carboxylic acids is 2. The van der Waals surface area contributed by atoms with Crippen molar-refractivity contribution < 1.29 is 9.59 Å². The minimum atomic E-state index is -0.225. The number of hydrogen-bond acceptors (Lipinski definition) is 3. The maximum Gasteiger partial charge on any atom is 0.228 e. The molecule has 1 saturated heterocycles. The van der Waals surface area contributed by atoms with Crippen LogP contribution in [0.4, 0.5) is 0 Å². The van der Waals surface area contributed by atoms with Gasteiger partial charge in [0.25, 0.3) is 0 Å². The number of pyridine rings is 1. The largest absolute Gasteiger partial charge is 0.355 e. The third kappa shape index (κ3) is 3.30. The van der Waals surface area contributed by atoms with E-state index in [1.54, 1.807) is 4.90 Å². The van der Waals surface area contributed by atoms with E-state index in [4.69, 9.17) is 0 Å². The molecule has 0 radical (unpaired) electrons. The molecule has 0 saturated carbocycles.